The number of hydrogen-bond acceptors (Lipinski definition) is 3. The summed E-state index contributed by atoms with van der Waals surface area (Å²) in [6, 6.07) is 20.5. The molecule has 5 nitrogen and oxygen atoms in total. The summed E-state index contributed by atoms with van der Waals surface area (Å²) in [4.78, 5) is 9.39. The standard InChI is InChI=1S/C34H37Cl2N5S/c1-20-15-21(2)19-39(18-20)31-13-12-25(17-28(31)36)41-33(32(38-34(41)42)29-10-6-7-14-37-29)26-16-22(3)40(24(26)5)30-11-8-9-27(35)23(30)4/h6-14,16-17,20-21,32-33H,15,18-19H2,1-5H3,(H,38,42)/t20-,21+,32-,33+/m1/s1. The first-order valence-electron chi connectivity index (χ1n) is 14.6. The molecule has 2 aromatic carbocycles. The van der Waals surface area contributed by atoms with Crippen LogP contribution in [-0.2, 0) is 0 Å². The number of pyridine rings is 1. The molecule has 42 heavy (non-hydrogen) atoms. The summed E-state index contributed by atoms with van der Waals surface area (Å²) in [7, 11) is 0. The highest BCUT2D eigenvalue weighted by Crippen LogP contribution is 2.45. The minimum absolute atomic E-state index is 0.135. The molecule has 0 unspecified atom stereocenters. The number of thiocarbonyl (C=S) groups is 1. The van der Waals surface area contributed by atoms with Crippen molar-refractivity contribution in [2.75, 3.05) is 22.9 Å². The fourth-order valence-corrected chi connectivity index (χ4v) is 7.82. The molecule has 1 N–H and O–H groups in total. The lowest BCUT2D eigenvalue weighted by Crippen LogP contribution is -2.38. The fraction of sp³-hybridized carbons (Fsp3) is 0.353. The number of nitrogens with one attached hydrogen (secondary N) is 1. The Bertz CT molecular complexity index is 1620. The second-order valence-corrected chi connectivity index (χ2v) is 13.2. The van der Waals surface area contributed by atoms with E-state index in [1.807, 2.05) is 30.5 Å². The van der Waals surface area contributed by atoms with Crippen LogP contribution in [0.1, 0.15) is 60.6 Å². The van der Waals surface area contributed by atoms with Crippen LogP contribution in [0, 0.1) is 32.6 Å². The summed E-state index contributed by atoms with van der Waals surface area (Å²) in [5.41, 5.74) is 8.57. The third-order valence-electron chi connectivity index (χ3n) is 8.79. The van der Waals surface area contributed by atoms with Crippen molar-refractivity contribution in [1.82, 2.24) is 14.9 Å². The minimum atomic E-state index is -0.143. The molecular formula is C34H37Cl2N5S. The van der Waals surface area contributed by atoms with Gasteiger partial charge in [0.2, 0.25) is 0 Å². The Hall–Kier alpha value is -3.06. The lowest BCUT2D eigenvalue weighted by Gasteiger charge is -2.37. The Morgan fingerprint density at radius 3 is 2.33 bits per heavy atom. The lowest BCUT2D eigenvalue weighted by molar-refractivity contribution is 0.357. The van der Waals surface area contributed by atoms with Crippen molar-refractivity contribution in [1.29, 1.82) is 0 Å². The van der Waals surface area contributed by atoms with Gasteiger partial charge in [-0.3, -0.25) is 4.98 Å². The van der Waals surface area contributed by atoms with Gasteiger partial charge in [-0.2, -0.15) is 0 Å². The van der Waals surface area contributed by atoms with Crippen LogP contribution in [0.4, 0.5) is 11.4 Å². The predicted molar refractivity (Wildman–Crippen MR) is 180 cm³/mol. The van der Waals surface area contributed by atoms with Gasteiger partial charge >= 0.3 is 0 Å². The van der Waals surface area contributed by atoms with Crippen LogP contribution in [0.3, 0.4) is 0 Å². The topological polar surface area (TPSA) is 36.3 Å². The van der Waals surface area contributed by atoms with Gasteiger partial charge in [0.15, 0.2) is 5.11 Å². The van der Waals surface area contributed by atoms with Gasteiger partial charge < -0.3 is 19.7 Å². The minimum Gasteiger partial charge on any atom is -0.370 e. The summed E-state index contributed by atoms with van der Waals surface area (Å²) < 4.78 is 2.29. The summed E-state index contributed by atoms with van der Waals surface area (Å²) in [6.45, 7) is 13.1. The molecule has 0 saturated carbocycles. The first kappa shape index (κ1) is 29.0. The number of halogens is 2. The zero-order valence-corrected chi connectivity index (χ0v) is 27.1. The van der Waals surface area contributed by atoms with Crippen molar-refractivity contribution < 1.29 is 0 Å². The van der Waals surface area contributed by atoms with E-state index in [2.05, 4.69) is 90.7 Å². The number of aromatic nitrogens is 2. The molecular weight excluding hydrogens is 581 g/mol. The smallest absolute Gasteiger partial charge is 0.174 e. The summed E-state index contributed by atoms with van der Waals surface area (Å²) >= 11 is 19.6. The summed E-state index contributed by atoms with van der Waals surface area (Å²) in [5, 5.41) is 5.76. The monoisotopic (exact) mass is 617 g/mol. The molecule has 0 bridgehead atoms. The molecule has 2 saturated heterocycles. The number of benzene rings is 2. The Kier molecular flexibility index (Phi) is 7.99. The van der Waals surface area contributed by atoms with Gasteiger partial charge in [-0.25, -0.2) is 0 Å². The van der Waals surface area contributed by atoms with Crippen LogP contribution < -0.4 is 15.1 Å². The number of anilines is 2. The molecule has 218 valence electrons. The van der Waals surface area contributed by atoms with E-state index in [0.29, 0.717) is 16.9 Å². The number of aryl methyl sites for hydroxylation is 1. The molecule has 2 aromatic heterocycles. The predicted octanol–water partition coefficient (Wildman–Crippen LogP) is 8.76. The highest BCUT2D eigenvalue weighted by atomic mass is 35.5. The first-order chi connectivity index (χ1) is 20.1. The van der Waals surface area contributed by atoms with Crippen molar-refractivity contribution in [3.8, 4) is 5.69 Å². The summed E-state index contributed by atoms with van der Waals surface area (Å²) in [6.07, 6.45) is 3.09. The molecule has 2 fully saturated rings. The van der Waals surface area contributed by atoms with Gasteiger partial charge in [-0.05, 0) is 111 Å². The molecule has 0 amide bonds. The third-order valence-corrected chi connectivity index (χ3v) is 9.81. The average molecular weight is 619 g/mol. The fourth-order valence-electron chi connectivity index (χ4n) is 7.01. The van der Waals surface area contributed by atoms with Crippen molar-refractivity contribution in [2.24, 2.45) is 11.8 Å². The van der Waals surface area contributed by atoms with Crippen molar-refractivity contribution in [3.63, 3.8) is 0 Å². The molecule has 0 aliphatic carbocycles. The average Bonchev–Trinajstić information content (AvgIpc) is 3.45. The van der Waals surface area contributed by atoms with Crippen LogP contribution in [0.5, 0.6) is 0 Å². The molecule has 4 atom stereocenters. The van der Waals surface area contributed by atoms with E-state index in [-0.39, 0.29) is 12.1 Å². The van der Waals surface area contributed by atoms with E-state index in [4.69, 9.17) is 40.4 Å². The maximum Gasteiger partial charge on any atom is 0.174 e. The number of piperidine rings is 1. The zero-order chi connectivity index (χ0) is 29.7. The Morgan fingerprint density at radius 1 is 0.881 bits per heavy atom. The second kappa shape index (κ2) is 11.6. The molecule has 2 aliphatic rings. The van der Waals surface area contributed by atoms with E-state index in [9.17, 15) is 0 Å². The second-order valence-electron chi connectivity index (χ2n) is 12.0. The Morgan fingerprint density at radius 2 is 1.64 bits per heavy atom. The Balaban J connectivity index is 1.45. The molecule has 0 radical (unpaired) electrons. The summed E-state index contributed by atoms with van der Waals surface area (Å²) in [5.74, 6) is 1.28. The van der Waals surface area contributed by atoms with Gasteiger partial charge in [0, 0.05) is 47.1 Å². The lowest BCUT2D eigenvalue weighted by atomic mass is 9.91. The van der Waals surface area contributed by atoms with Gasteiger partial charge in [0.25, 0.3) is 0 Å². The highest BCUT2D eigenvalue weighted by Gasteiger charge is 2.42. The molecule has 6 rings (SSSR count). The molecule has 2 aliphatic heterocycles. The van der Waals surface area contributed by atoms with Gasteiger partial charge in [-0.15, -0.1) is 0 Å². The first-order valence-corrected chi connectivity index (χ1v) is 15.8. The van der Waals surface area contributed by atoms with E-state index >= 15 is 0 Å². The number of rotatable bonds is 5. The normalized spacial score (nSPS) is 22.5. The van der Waals surface area contributed by atoms with E-state index in [1.54, 1.807) is 0 Å². The Labute approximate surface area is 264 Å². The van der Waals surface area contributed by atoms with E-state index in [0.717, 1.165) is 62.8 Å². The van der Waals surface area contributed by atoms with Crippen LogP contribution in [0.25, 0.3) is 5.69 Å². The maximum atomic E-state index is 7.04. The highest BCUT2D eigenvalue weighted by molar-refractivity contribution is 7.80. The van der Waals surface area contributed by atoms with E-state index < -0.39 is 0 Å². The van der Waals surface area contributed by atoms with E-state index in [1.165, 1.54) is 12.0 Å². The van der Waals surface area contributed by atoms with Crippen molar-refractivity contribution in [3.05, 3.63) is 105 Å². The SMILES string of the molecule is Cc1c(Cl)cccc1-n1c(C)cc([C@H]2[C@@H](c3ccccn3)NC(=S)N2c2ccc(N3C[C@H](C)C[C@H](C)C3)c(Cl)c2)c1C. The zero-order valence-electron chi connectivity index (χ0n) is 24.7. The van der Waals surface area contributed by atoms with Crippen LogP contribution in [-0.4, -0.2) is 27.8 Å². The quantitative estimate of drug-likeness (QED) is 0.226. The van der Waals surface area contributed by atoms with Crippen molar-refractivity contribution >= 4 is 51.9 Å². The number of nitrogens with zero attached hydrogens (tertiary/aromatic N) is 4. The number of hydrogen-bond donors (Lipinski definition) is 1. The van der Waals surface area contributed by atoms with Crippen LogP contribution >= 0.6 is 35.4 Å². The third kappa shape index (κ3) is 5.18. The molecule has 4 aromatic rings. The van der Waals surface area contributed by atoms with Gasteiger partial charge in [0.1, 0.15) is 0 Å². The maximum absolute atomic E-state index is 7.04. The van der Waals surface area contributed by atoms with Crippen LogP contribution in [0.2, 0.25) is 10.0 Å². The van der Waals surface area contributed by atoms with Crippen LogP contribution in [0.15, 0.2) is 66.9 Å². The van der Waals surface area contributed by atoms with Gasteiger partial charge in [0.05, 0.1) is 28.5 Å². The molecule has 8 heteroatoms. The van der Waals surface area contributed by atoms with Crippen molar-refractivity contribution in [2.45, 2.75) is 53.1 Å². The van der Waals surface area contributed by atoms with Gasteiger partial charge in [-0.1, -0.05) is 49.2 Å². The largest absolute Gasteiger partial charge is 0.370 e. The molecule has 0 spiro atoms. The molecule has 4 heterocycles.